The number of hydrogen-bond donors (Lipinski definition) is 1. The number of nitrogens with zero attached hydrogens (tertiary/aromatic N) is 1. The Balaban J connectivity index is 1.54. The van der Waals surface area contributed by atoms with Crippen LogP contribution in [0, 0.1) is 5.92 Å². The average Bonchev–Trinajstić information content (AvgIpc) is 3.25. The molecule has 0 bridgehead atoms. The van der Waals surface area contributed by atoms with E-state index in [-0.39, 0.29) is 30.0 Å². The van der Waals surface area contributed by atoms with Crippen molar-refractivity contribution in [3.63, 3.8) is 0 Å². The third-order valence-corrected chi connectivity index (χ3v) is 4.48. The molecule has 8 heteroatoms. The molecule has 2 heterocycles. The highest BCUT2D eigenvalue weighted by molar-refractivity contribution is 5.89. The number of nitrogens with one attached hydrogen (secondary N) is 1. The summed E-state index contributed by atoms with van der Waals surface area (Å²) < 4.78 is 33.9. The molecule has 2 amide bonds. The van der Waals surface area contributed by atoms with E-state index < -0.39 is 12.5 Å². The number of carbonyl (C=O) groups excluding carboxylic acids is 2. The lowest BCUT2D eigenvalue weighted by molar-refractivity contribution is -0.129. The number of benzene rings is 1. The molecule has 1 aliphatic heterocycles. The number of furan rings is 1. The minimum atomic E-state index is -2.88. The van der Waals surface area contributed by atoms with Crippen LogP contribution < -0.4 is 10.1 Å². The minimum Gasteiger partial charge on any atom is -0.467 e. The second-order valence-corrected chi connectivity index (χ2v) is 6.43. The molecule has 0 saturated carbocycles. The van der Waals surface area contributed by atoms with Crippen LogP contribution in [0.3, 0.4) is 0 Å². The Labute approximate surface area is 155 Å². The predicted octanol–water partition coefficient (Wildman–Crippen LogP) is 3.11. The van der Waals surface area contributed by atoms with Crippen LogP contribution in [-0.2, 0) is 16.1 Å². The fraction of sp³-hybridized carbons (Fsp3) is 0.368. The molecule has 1 N–H and O–H groups in total. The first-order valence-corrected chi connectivity index (χ1v) is 8.57. The van der Waals surface area contributed by atoms with Crippen molar-refractivity contribution in [1.82, 2.24) is 10.2 Å². The Kier molecular flexibility index (Phi) is 5.73. The molecule has 1 fully saturated rings. The van der Waals surface area contributed by atoms with E-state index in [1.165, 1.54) is 12.1 Å². The van der Waals surface area contributed by atoms with E-state index in [2.05, 4.69) is 10.1 Å². The molecular weight excluding hydrogens is 358 g/mol. The maximum absolute atomic E-state index is 12.5. The Morgan fingerprint density at radius 1 is 1.33 bits per heavy atom. The topological polar surface area (TPSA) is 71.8 Å². The van der Waals surface area contributed by atoms with Crippen LogP contribution in [0.15, 0.2) is 47.1 Å². The highest BCUT2D eigenvalue weighted by Crippen LogP contribution is 2.23. The summed E-state index contributed by atoms with van der Waals surface area (Å²) in [6.07, 6.45) is 1.69. The summed E-state index contributed by atoms with van der Waals surface area (Å²) in [4.78, 5) is 26.2. The molecule has 144 valence electrons. The molecule has 0 spiro atoms. The van der Waals surface area contributed by atoms with Gasteiger partial charge in [-0.2, -0.15) is 8.78 Å². The van der Waals surface area contributed by atoms with E-state index in [4.69, 9.17) is 4.42 Å². The quantitative estimate of drug-likeness (QED) is 0.804. The van der Waals surface area contributed by atoms with Crippen molar-refractivity contribution in [1.29, 1.82) is 0 Å². The van der Waals surface area contributed by atoms with Crippen LogP contribution in [0.2, 0.25) is 0 Å². The van der Waals surface area contributed by atoms with Gasteiger partial charge in [-0.05, 0) is 36.8 Å². The normalized spacial score (nSPS) is 18.0. The van der Waals surface area contributed by atoms with Gasteiger partial charge in [0.2, 0.25) is 11.8 Å². The van der Waals surface area contributed by atoms with Crippen LogP contribution in [0.4, 0.5) is 8.78 Å². The van der Waals surface area contributed by atoms with E-state index in [9.17, 15) is 18.4 Å². The van der Waals surface area contributed by atoms with Crippen LogP contribution in [0.5, 0.6) is 5.75 Å². The minimum absolute atomic E-state index is 0.0576. The SMILES string of the molecule is CC(NC(=O)C1CC(=O)N(Cc2ccco2)C1)c1ccc(OC(F)F)cc1. The lowest BCUT2D eigenvalue weighted by Gasteiger charge is -2.18. The fourth-order valence-corrected chi connectivity index (χ4v) is 3.04. The van der Waals surface area contributed by atoms with Gasteiger partial charge in [-0.3, -0.25) is 9.59 Å². The van der Waals surface area contributed by atoms with Gasteiger partial charge >= 0.3 is 6.61 Å². The van der Waals surface area contributed by atoms with Gasteiger partial charge in [0.05, 0.1) is 24.8 Å². The van der Waals surface area contributed by atoms with Crippen molar-refractivity contribution in [2.24, 2.45) is 5.92 Å². The van der Waals surface area contributed by atoms with Crippen molar-refractivity contribution in [3.05, 3.63) is 54.0 Å². The maximum atomic E-state index is 12.5. The zero-order valence-electron chi connectivity index (χ0n) is 14.7. The number of halogens is 2. The van der Waals surface area contributed by atoms with E-state index in [1.54, 1.807) is 42.4 Å². The molecule has 2 unspecified atom stereocenters. The summed E-state index contributed by atoms with van der Waals surface area (Å²) in [5, 5.41) is 2.87. The molecule has 1 saturated heterocycles. The number of hydrogen-bond acceptors (Lipinski definition) is 4. The van der Waals surface area contributed by atoms with Gasteiger partial charge in [0.25, 0.3) is 0 Å². The standard InChI is InChI=1S/C19H20F2N2O4/c1-12(13-4-6-15(7-5-13)27-19(20)21)22-18(25)14-9-17(24)23(10-14)11-16-3-2-8-26-16/h2-8,12,14,19H,9-11H2,1H3,(H,22,25). The van der Waals surface area contributed by atoms with Gasteiger partial charge < -0.3 is 19.4 Å². The van der Waals surface area contributed by atoms with Crippen molar-refractivity contribution in [3.8, 4) is 5.75 Å². The van der Waals surface area contributed by atoms with E-state index in [1.807, 2.05) is 0 Å². The summed E-state index contributed by atoms with van der Waals surface area (Å²) in [5.41, 5.74) is 0.752. The zero-order valence-corrected chi connectivity index (χ0v) is 14.7. The van der Waals surface area contributed by atoms with Gasteiger partial charge in [0.1, 0.15) is 11.5 Å². The molecule has 1 aliphatic rings. The van der Waals surface area contributed by atoms with Gasteiger partial charge in [-0.15, -0.1) is 0 Å². The maximum Gasteiger partial charge on any atom is 0.387 e. The van der Waals surface area contributed by atoms with Crippen molar-refractivity contribution in [2.45, 2.75) is 32.5 Å². The number of carbonyl (C=O) groups is 2. The highest BCUT2D eigenvalue weighted by atomic mass is 19.3. The molecule has 1 aromatic carbocycles. The van der Waals surface area contributed by atoms with Crippen molar-refractivity contribution >= 4 is 11.8 Å². The Hall–Kier alpha value is -2.90. The lowest BCUT2D eigenvalue weighted by atomic mass is 10.0. The first-order valence-electron chi connectivity index (χ1n) is 8.57. The third-order valence-electron chi connectivity index (χ3n) is 4.48. The van der Waals surface area contributed by atoms with Crippen LogP contribution in [-0.4, -0.2) is 29.9 Å². The van der Waals surface area contributed by atoms with Crippen LogP contribution in [0.1, 0.15) is 30.7 Å². The zero-order chi connectivity index (χ0) is 19.4. The monoisotopic (exact) mass is 378 g/mol. The number of amides is 2. The first-order chi connectivity index (χ1) is 12.9. The van der Waals surface area contributed by atoms with Crippen LogP contribution in [0.25, 0.3) is 0 Å². The van der Waals surface area contributed by atoms with Gasteiger partial charge in [0.15, 0.2) is 0 Å². The predicted molar refractivity (Wildman–Crippen MR) is 91.9 cm³/mol. The molecule has 6 nitrogen and oxygen atoms in total. The molecule has 27 heavy (non-hydrogen) atoms. The summed E-state index contributed by atoms with van der Waals surface area (Å²) in [7, 11) is 0. The Morgan fingerprint density at radius 3 is 2.70 bits per heavy atom. The summed E-state index contributed by atoms with van der Waals surface area (Å²) in [5.74, 6) is -0.0131. The summed E-state index contributed by atoms with van der Waals surface area (Å²) >= 11 is 0. The number of alkyl halides is 2. The van der Waals surface area contributed by atoms with E-state index >= 15 is 0 Å². The second-order valence-electron chi connectivity index (χ2n) is 6.43. The number of likely N-dealkylation sites (tertiary alicyclic amines) is 1. The molecule has 1 aromatic heterocycles. The smallest absolute Gasteiger partial charge is 0.387 e. The number of ether oxygens (including phenoxy) is 1. The van der Waals surface area contributed by atoms with Gasteiger partial charge in [-0.1, -0.05) is 12.1 Å². The molecular formula is C19H20F2N2O4. The Morgan fingerprint density at radius 2 is 2.07 bits per heavy atom. The highest BCUT2D eigenvalue weighted by Gasteiger charge is 2.35. The summed E-state index contributed by atoms with van der Waals surface area (Å²) in [6, 6.07) is 9.29. The summed E-state index contributed by atoms with van der Waals surface area (Å²) in [6.45, 7) is -0.411. The molecule has 2 atom stereocenters. The average molecular weight is 378 g/mol. The van der Waals surface area contributed by atoms with Gasteiger partial charge in [0, 0.05) is 13.0 Å². The number of rotatable bonds is 7. The molecule has 0 radical (unpaired) electrons. The second kappa shape index (κ2) is 8.20. The largest absolute Gasteiger partial charge is 0.467 e. The van der Waals surface area contributed by atoms with Gasteiger partial charge in [-0.25, -0.2) is 0 Å². The lowest BCUT2D eigenvalue weighted by Crippen LogP contribution is -2.34. The third kappa shape index (κ3) is 4.84. The van der Waals surface area contributed by atoms with Crippen LogP contribution >= 0.6 is 0 Å². The van der Waals surface area contributed by atoms with Crippen molar-refractivity contribution < 1.29 is 27.5 Å². The Bertz CT molecular complexity index is 778. The fourth-order valence-electron chi connectivity index (χ4n) is 3.04. The van der Waals surface area contributed by atoms with E-state index in [0.717, 1.165) is 5.56 Å². The first kappa shape index (κ1) is 18.9. The molecule has 0 aliphatic carbocycles. The van der Waals surface area contributed by atoms with Crippen molar-refractivity contribution in [2.75, 3.05) is 6.54 Å². The molecule has 2 aromatic rings. The van der Waals surface area contributed by atoms with E-state index in [0.29, 0.717) is 18.8 Å². The molecule has 3 rings (SSSR count).